The first kappa shape index (κ1) is 17.7. The average molecular weight is 356 g/mol. The molecule has 1 aromatic heterocycles. The molecule has 1 saturated heterocycles. The number of hydrogen-bond acceptors (Lipinski definition) is 7. The first-order valence-corrected chi connectivity index (χ1v) is 8.40. The SMILES string of the molecule is O=C(CCN1CCN(c2ncccn2)CC1)Nc1cccc([N+](=O)[O-])c1. The molecular formula is C17H20N6O3. The largest absolute Gasteiger partial charge is 0.338 e. The molecule has 0 saturated carbocycles. The van der Waals surface area contributed by atoms with E-state index in [9.17, 15) is 14.9 Å². The maximum Gasteiger partial charge on any atom is 0.271 e. The second-order valence-corrected chi connectivity index (χ2v) is 5.98. The smallest absolute Gasteiger partial charge is 0.271 e. The van der Waals surface area contributed by atoms with Gasteiger partial charge in [-0.1, -0.05) is 6.07 Å². The molecule has 0 spiro atoms. The number of nitro groups is 1. The maximum atomic E-state index is 12.1. The number of nitrogens with one attached hydrogen (secondary N) is 1. The Morgan fingerprint density at radius 3 is 2.58 bits per heavy atom. The Kier molecular flexibility index (Phi) is 5.69. The molecule has 26 heavy (non-hydrogen) atoms. The van der Waals surface area contributed by atoms with Crippen LogP contribution >= 0.6 is 0 Å². The highest BCUT2D eigenvalue weighted by Crippen LogP contribution is 2.17. The first-order chi connectivity index (χ1) is 12.6. The normalized spacial score (nSPS) is 14.8. The van der Waals surface area contributed by atoms with Crippen LogP contribution in [0.3, 0.4) is 0 Å². The highest BCUT2D eigenvalue weighted by Gasteiger charge is 2.19. The maximum absolute atomic E-state index is 12.1. The zero-order valence-electron chi connectivity index (χ0n) is 14.2. The van der Waals surface area contributed by atoms with Gasteiger partial charge in [-0.05, 0) is 12.1 Å². The number of nitro benzene ring substituents is 1. The van der Waals surface area contributed by atoms with Crippen molar-refractivity contribution in [2.75, 3.05) is 42.9 Å². The Bertz CT molecular complexity index is 762. The second kappa shape index (κ2) is 8.34. The van der Waals surface area contributed by atoms with Crippen LogP contribution in [0.15, 0.2) is 42.7 Å². The van der Waals surface area contributed by atoms with Crippen LogP contribution in [0.25, 0.3) is 0 Å². The van der Waals surface area contributed by atoms with Crippen molar-refractivity contribution in [3.05, 3.63) is 52.8 Å². The van der Waals surface area contributed by atoms with E-state index in [2.05, 4.69) is 25.1 Å². The molecule has 0 radical (unpaired) electrons. The van der Waals surface area contributed by atoms with E-state index in [1.807, 2.05) is 0 Å². The Balaban J connectivity index is 1.43. The fourth-order valence-electron chi connectivity index (χ4n) is 2.81. The molecule has 2 heterocycles. The van der Waals surface area contributed by atoms with E-state index in [0.717, 1.165) is 32.1 Å². The van der Waals surface area contributed by atoms with E-state index in [0.29, 0.717) is 18.7 Å². The average Bonchev–Trinajstić information content (AvgIpc) is 2.68. The second-order valence-electron chi connectivity index (χ2n) is 5.98. The van der Waals surface area contributed by atoms with E-state index in [1.165, 1.54) is 12.1 Å². The van der Waals surface area contributed by atoms with Crippen molar-refractivity contribution < 1.29 is 9.72 Å². The number of benzene rings is 1. The summed E-state index contributed by atoms with van der Waals surface area (Å²) >= 11 is 0. The summed E-state index contributed by atoms with van der Waals surface area (Å²) in [6.07, 6.45) is 3.80. The quantitative estimate of drug-likeness (QED) is 0.618. The molecule has 1 amide bonds. The molecule has 0 aliphatic carbocycles. The standard InChI is InChI=1S/C17H20N6O3/c24-16(20-14-3-1-4-15(13-14)23(25)26)5-8-21-9-11-22(12-10-21)17-18-6-2-7-19-17/h1-4,6-7,13H,5,8-12H2,(H,20,24). The van der Waals surface area contributed by atoms with Gasteiger partial charge in [0.15, 0.2) is 0 Å². The molecule has 1 aromatic carbocycles. The minimum Gasteiger partial charge on any atom is -0.338 e. The number of non-ortho nitro benzene ring substituents is 1. The number of hydrogen-bond donors (Lipinski definition) is 1. The van der Waals surface area contributed by atoms with Crippen LogP contribution in [0.5, 0.6) is 0 Å². The van der Waals surface area contributed by atoms with Crippen LogP contribution in [0.1, 0.15) is 6.42 Å². The number of anilines is 2. The fraction of sp³-hybridized carbons (Fsp3) is 0.353. The molecule has 1 N–H and O–H groups in total. The number of carbonyl (C=O) groups excluding carboxylic acids is 1. The van der Waals surface area contributed by atoms with Crippen LogP contribution in [0.4, 0.5) is 17.3 Å². The Morgan fingerprint density at radius 2 is 1.88 bits per heavy atom. The highest BCUT2D eigenvalue weighted by molar-refractivity contribution is 5.91. The first-order valence-electron chi connectivity index (χ1n) is 8.40. The summed E-state index contributed by atoms with van der Waals surface area (Å²) in [5.41, 5.74) is 0.400. The molecular weight excluding hydrogens is 336 g/mol. The third-order valence-corrected chi connectivity index (χ3v) is 4.20. The molecule has 9 heteroatoms. The third kappa shape index (κ3) is 4.73. The van der Waals surface area contributed by atoms with Crippen molar-refractivity contribution >= 4 is 23.2 Å². The summed E-state index contributed by atoms with van der Waals surface area (Å²) in [5, 5.41) is 13.5. The van der Waals surface area contributed by atoms with Gasteiger partial charge in [0.1, 0.15) is 0 Å². The van der Waals surface area contributed by atoms with E-state index in [4.69, 9.17) is 0 Å². The number of aromatic nitrogens is 2. The van der Waals surface area contributed by atoms with Crippen molar-refractivity contribution in [2.45, 2.75) is 6.42 Å². The van der Waals surface area contributed by atoms with Gasteiger partial charge in [0.05, 0.1) is 4.92 Å². The van der Waals surface area contributed by atoms with E-state index in [-0.39, 0.29) is 11.6 Å². The van der Waals surface area contributed by atoms with Crippen molar-refractivity contribution in [3.63, 3.8) is 0 Å². The van der Waals surface area contributed by atoms with Crippen LogP contribution in [0, 0.1) is 10.1 Å². The number of nitrogens with zero attached hydrogens (tertiary/aromatic N) is 5. The van der Waals surface area contributed by atoms with Crippen molar-refractivity contribution in [1.82, 2.24) is 14.9 Å². The third-order valence-electron chi connectivity index (χ3n) is 4.20. The van der Waals surface area contributed by atoms with Gasteiger partial charge in [0.25, 0.3) is 5.69 Å². The van der Waals surface area contributed by atoms with Gasteiger partial charge in [-0.3, -0.25) is 19.8 Å². The van der Waals surface area contributed by atoms with Crippen LogP contribution < -0.4 is 10.2 Å². The number of carbonyl (C=O) groups is 1. The fourth-order valence-corrected chi connectivity index (χ4v) is 2.81. The molecule has 1 fully saturated rings. The molecule has 0 atom stereocenters. The molecule has 1 aliphatic rings. The Labute approximate surface area is 150 Å². The van der Waals surface area contributed by atoms with Crippen LogP contribution in [-0.4, -0.2) is 58.4 Å². The van der Waals surface area contributed by atoms with Gasteiger partial charge in [-0.2, -0.15) is 0 Å². The van der Waals surface area contributed by atoms with Gasteiger partial charge in [0, 0.05) is 69.4 Å². The van der Waals surface area contributed by atoms with Gasteiger partial charge in [-0.25, -0.2) is 9.97 Å². The van der Waals surface area contributed by atoms with Gasteiger partial charge in [-0.15, -0.1) is 0 Å². The van der Waals surface area contributed by atoms with Gasteiger partial charge < -0.3 is 10.2 Å². The Hall–Kier alpha value is -3.07. The molecule has 136 valence electrons. The molecule has 0 unspecified atom stereocenters. The summed E-state index contributed by atoms with van der Waals surface area (Å²) in [5.74, 6) is 0.579. The minimum atomic E-state index is -0.481. The van der Waals surface area contributed by atoms with Crippen molar-refractivity contribution in [2.24, 2.45) is 0 Å². The lowest BCUT2D eigenvalue weighted by molar-refractivity contribution is -0.384. The number of piperazine rings is 1. The van der Waals surface area contributed by atoms with Crippen molar-refractivity contribution in [3.8, 4) is 0 Å². The van der Waals surface area contributed by atoms with E-state index in [1.54, 1.807) is 30.6 Å². The Morgan fingerprint density at radius 1 is 1.15 bits per heavy atom. The zero-order valence-corrected chi connectivity index (χ0v) is 14.2. The molecule has 2 aromatic rings. The molecule has 3 rings (SSSR count). The minimum absolute atomic E-state index is 0.0398. The zero-order chi connectivity index (χ0) is 18.4. The lowest BCUT2D eigenvalue weighted by atomic mass is 10.2. The number of amides is 1. The summed E-state index contributed by atoms with van der Waals surface area (Å²) in [7, 11) is 0. The lowest BCUT2D eigenvalue weighted by Gasteiger charge is -2.34. The number of rotatable bonds is 6. The topological polar surface area (TPSA) is 104 Å². The predicted molar refractivity (Wildman–Crippen MR) is 97.0 cm³/mol. The lowest BCUT2D eigenvalue weighted by Crippen LogP contribution is -2.47. The summed E-state index contributed by atoms with van der Waals surface area (Å²) < 4.78 is 0. The predicted octanol–water partition coefficient (Wildman–Crippen LogP) is 1.54. The summed E-state index contributed by atoms with van der Waals surface area (Å²) in [6.45, 7) is 3.95. The van der Waals surface area contributed by atoms with Crippen molar-refractivity contribution in [1.29, 1.82) is 0 Å². The highest BCUT2D eigenvalue weighted by atomic mass is 16.6. The molecule has 9 nitrogen and oxygen atoms in total. The summed E-state index contributed by atoms with van der Waals surface area (Å²) in [4.78, 5) is 35.2. The molecule has 0 bridgehead atoms. The van der Waals surface area contributed by atoms with Gasteiger partial charge in [0.2, 0.25) is 11.9 Å². The van der Waals surface area contributed by atoms with E-state index < -0.39 is 4.92 Å². The van der Waals surface area contributed by atoms with Crippen LogP contribution in [-0.2, 0) is 4.79 Å². The monoisotopic (exact) mass is 356 g/mol. The van der Waals surface area contributed by atoms with Crippen LogP contribution in [0.2, 0.25) is 0 Å². The summed E-state index contributed by atoms with van der Waals surface area (Å²) in [6, 6.07) is 7.74. The van der Waals surface area contributed by atoms with E-state index >= 15 is 0 Å². The van der Waals surface area contributed by atoms with Gasteiger partial charge >= 0.3 is 0 Å². The molecule has 1 aliphatic heterocycles.